The summed E-state index contributed by atoms with van der Waals surface area (Å²) in [4.78, 5) is 18.7. The number of nitrogens with one attached hydrogen (secondary N) is 1. The highest BCUT2D eigenvalue weighted by atomic mass is 79.9. The van der Waals surface area contributed by atoms with Gasteiger partial charge in [-0.2, -0.15) is 0 Å². The fourth-order valence-electron chi connectivity index (χ4n) is 1.19. The summed E-state index contributed by atoms with van der Waals surface area (Å²) >= 11 is 6.55. The van der Waals surface area contributed by atoms with Gasteiger partial charge in [0.05, 0.1) is 5.69 Å². The molecule has 2 rings (SSSR count). The van der Waals surface area contributed by atoms with E-state index in [4.69, 9.17) is 0 Å². The van der Waals surface area contributed by atoms with E-state index in [0.717, 1.165) is 8.95 Å². The Morgan fingerprint density at radius 3 is 2.60 bits per heavy atom. The first-order valence-electron chi connectivity index (χ1n) is 4.16. The van der Waals surface area contributed by atoms with Gasteiger partial charge in [0.15, 0.2) is 0 Å². The predicted octanol–water partition coefficient (Wildman–Crippen LogP) is 3.17. The van der Waals surface area contributed by atoms with Crippen molar-refractivity contribution >= 4 is 37.6 Å². The molecule has 2 heterocycles. The molecule has 0 bridgehead atoms. The van der Waals surface area contributed by atoms with Crippen LogP contribution in [0.4, 0.5) is 0 Å². The van der Waals surface area contributed by atoms with E-state index >= 15 is 0 Å². The lowest BCUT2D eigenvalue weighted by Crippen LogP contribution is -2.01. The smallest absolute Gasteiger partial charge is 0.210 e. The summed E-state index contributed by atoms with van der Waals surface area (Å²) in [5, 5.41) is 0. The van der Waals surface area contributed by atoms with Crippen LogP contribution in [0.25, 0.3) is 0 Å². The number of nitrogens with zero attached hydrogens (tertiary/aromatic N) is 1. The molecule has 0 saturated carbocycles. The Bertz CT molecular complexity index is 508. The third kappa shape index (κ3) is 2.35. The molecule has 76 valence electrons. The van der Waals surface area contributed by atoms with Crippen LogP contribution in [0, 0.1) is 0 Å². The van der Waals surface area contributed by atoms with Crippen LogP contribution < -0.4 is 0 Å². The number of carbonyl (C=O) groups is 1. The maximum absolute atomic E-state index is 11.9. The van der Waals surface area contributed by atoms with Gasteiger partial charge in [0.25, 0.3) is 0 Å². The molecule has 3 nitrogen and oxygen atoms in total. The fraction of sp³-hybridized carbons (Fsp3) is 0. The van der Waals surface area contributed by atoms with Gasteiger partial charge in [-0.3, -0.25) is 9.78 Å². The highest BCUT2D eigenvalue weighted by molar-refractivity contribution is 9.10. The zero-order chi connectivity index (χ0) is 10.8. The second-order valence-corrected chi connectivity index (χ2v) is 4.78. The van der Waals surface area contributed by atoms with Crippen molar-refractivity contribution in [1.82, 2.24) is 9.97 Å². The molecule has 15 heavy (non-hydrogen) atoms. The second kappa shape index (κ2) is 4.28. The van der Waals surface area contributed by atoms with Crippen molar-refractivity contribution in [3.05, 3.63) is 50.9 Å². The van der Waals surface area contributed by atoms with Crippen molar-refractivity contribution in [2.75, 3.05) is 0 Å². The predicted molar refractivity (Wildman–Crippen MR) is 63.9 cm³/mol. The molecule has 2 aromatic rings. The molecular weight excluding hydrogens is 324 g/mol. The zero-order valence-corrected chi connectivity index (χ0v) is 10.7. The first-order chi connectivity index (χ1) is 7.16. The Morgan fingerprint density at radius 1 is 1.20 bits per heavy atom. The van der Waals surface area contributed by atoms with E-state index in [1.807, 2.05) is 0 Å². The van der Waals surface area contributed by atoms with E-state index < -0.39 is 0 Å². The van der Waals surface area contributed by atoms with Crippen molar-refractivity contribution in [2.24, 2.45) is 0 Å². The maximum Gasteiger partial charge on any atom is 0.210 e. The standard InChI is InChI=1S/C10H6Br2N2O/c11-7-1-6(3-13-4-7)10(15)9-2-8(12)5-14-9/h1-5,14H. The van der Waals surface area contributed by atoms with Gasteiger partial charge in [-0.25, -0.2) is 0 Å². The van der Waals surface area contributed by atoms with Crippen LogP contribution in [0.3, 0.4) is 0 Å². The SMILES string of the molecule is O=C(c1cncc(Br)c1)c1cc(Br)c[nH]1. The number of aromatic amines is 1. The molecule has 0 aromatic carbocycles. The number of carbonyl (C=O) groups excluding carboxylic acids is 1. The summed E-state index contributed by atoms with van der Waals surface area (Å²) in [6.07, 6.45) is 4.90. The van der Waals surface area contributed by atoms with Gasteiger partial charge >= 0.3 is 0 Å². The first-order valence-corrected chi connectivity index (χ1v) is 5.74. The minimum atomic E-state index is -0.0745. The fourth-order valence-corrected chi connectivity index (χ4v) is 1.90. The van der Waals surface area contributed by atoms with Gasteiger partial charge in [0.2, 0.25) is 5.78 Å². The third-order valence-electron chi connectivity index (χ3n) is 1.86. The Morgan fingerprint density at radius 2 is 2.00 bits per heavy atom. The quantitative estimate of drug-likeness (QED) is 0.860. The summed E-state index contributed by atoms with van der Waals surface area (Å²) < 4.78 is 1.65. The molecule has 0 radical (unpaired) electrons. The molecule has 0 aliphatic rings. The number of aromatic nitrogens is 2. The largest absolute Gasteiger partial charge is 0.357 e. The van der Waals surface area contributed by atoms with Gasteiger partial charge in [0, 0.05) is 33.1 Å². The molecule has 0 unspecified atom stereocenters. The molecule has 0 aliphatic heterocycles. The van der Waals surface area contributed by atoms with Gasteiger partial charge in [0.1, 0.15) is 0 Å². The molecule has 0 atom stereocenters. The minimum Gasteiger partial charge on any atom is -0.357 e. The van der Waals surface area contributed by atoms with E-state index in [2.05, 4.69) is 41.8 Å². The Balaban J connectivity index is 2.36. The number of H-pyrrole nitrogens is 1. The van der Waals surface area contributed by atoms with Crippen LogP contribution >= 0.6 is 31.9 Å². The molecular formula is C10H6Br2N2O. The Hall–Kier alpha value is -0.940. The van der Waals surface area contributed by atoms with Crippen LogP contribution in [-0.4, -0.2) is 15.8 Å². The highest BCUT2D eigenvalue weighted by Crippen LogP contribution is 2.16. The molecule has 0 aliphatic carbocycles. The van der Waals surface area contributed by atoms with Gasteiger partial charge in [-0.1, -0.05) is 0 Å². The molecule has 0 spiro atoms. The number of hydrogen-bond donors (Lipinski definition) is 1. The number of halogens is 2. The Kier molecular flexibility index (Phi) is 3.02. The number of ketones is 1. The van der Waals surface area contributed by atoms with Crippen molar-refractivity contribution in [3.63, 3.8) is 0 Å². The topological polar surface area (TPSA) is 45.8 Å². The van der Waals surface area contributed by atoms with Crippen LogP contribution in [0.15, 0.2) is 39.7 Å². The van der Waals surface area contributed by atoms with Crippen molar-refractivity contribution in [2.45, 2.75) is 0 Å². The van der Waals surface area contributed by atoms with Crippen molar-refractivity contribution in [1.29, 1.82) is 0 Å². The summed E-state index contributed by atoms with van der Waals surface area (Å²) in [5.41, 5.74) is 1.10. The number of pyridine rings is 1. The van der Waals surface area contributed by atoms with Gasteiger partial charge in [-0.05, 0) is 44.0 Å². The number of rotatable bonds is 2. The summed E-state index contributed by atoms with van der Waals surface area (Å²) in [7, 11) is 0. The molecule has 0 fully saturated rings. The van der Waals surface area contributed by atoms with Crippen molar-refractivity contribution < 1.29 is 4.79 Å². The molecule has 1 N–H and O–H groups in total. The van der Waals surface area contributed by atoms with E-state index in [1.54, 1.807) is 30.7 Å². The average Bonchev–Trinajstić information content (AvgIpc) is 2.64. The maximum atomic E-state index is 11.9. The van der Waals surface area contributed by atoms with Gasteiger partial charge < -0.3 is 4.98 Å². The lowest BCUT2D eigenvalue weighted by molar-refractivity contribution is 0.103. The third-order valence-corrected chi connectivity index (χ3v) is 2.75. The summed E-state index contributed by atoms with van der Waals surface area (Å²) in [5.74, 6) is -0.0745. The summed E-state index contributed by atoms with van der Waals surface area (Å²) in [6.45, 7) is 0. The van der Waals surface area contributed by atoms with E-state index in [-0.39, 0.29) is 5.78 Å². The first kappa shape index (κ1) is 10.6. The van der Waals surface area contributed by atoms with Gasteiger partial charge in [-0.15, -0.1) is 0 Å². The van der Waals surface area contributed by atoms with Crippen LogP contribution in [0.1, 0.15) is 16.1 Å². The molecule has 0 saturated heterocycles. The summed E-state index contributed by atoms with van der Waals surface area (Å²) in [6, 6.07) is 3.48. The highest BCUT2D eigenvalue weighted by Gasteiger charge is 2.11. The van der Waals surface area contributed by atoms with Crippen LogP contribution in [0.5, 0.6) is 0 Å². The molecule has 0 amide bonds. The van der Waals surface area contributed by atoms with E-state index in [0.29, 0.717) is 11.3 Å². The van der Waals surface area contributed by atoms with E-state index in [1.165, 1.54) is 0 Å². The zero-order valence-electron chi connectivity index (χ0n) is 7.50. The lowest BCUT2D eigenvalue weighted by atomic mass is 10.1. The lowest BCUT2D eigenvalue weighted by Gasteiger charge is -1.97. The van der Waals surface area contributed by atoms with Crippen LogP contribution in [-0.2, 0) is 0 Å². The average molecular weight is 330 g/mol. The monoisotopic (exact) mass is 328 g/mol. The minimum absolute atomic E-state index is 0.0745. The second-order valence-electron chi connectivity index (χ2n) is 2.95. The Labute approximate surface area is 103 Å². The molecule has 5 heteroatoms. The number of hydrogen-bond acceptors (Lipinski definition) is 2. The van der Waals surface area contributed by atoms with Crippen LogP contribution in [0.2, 0.25) is 0 Å². The van der Waals surface area contributed by atoms with E-state index in [9.17, 15) is 4.79 Å². The molecule has 2 aromatic heterocycles. The van der Waals surface area contributed by atoms with Crippen molar-refractivity contribution in [3.8, 4) is 0 Å². The normalized spacial score (nSPS) is 10.3.